The first-order valence-electron chi connectivity index (χ1n) is 5.20. The number of aromatic nitrogens is 2. The number of alkyl halides is 3. The van der Waals surface area contributed by atoms with E-state index in [2.05, 4.69) is 14.7 Å². The van der Waals surface area contributed by atoms with Gasteiger partial charge in [-0.05, 0) is 19.0 Å². The molecule has 1 aromatic rings. The van der Waals surface area contributed by atoms with Crippen LogP contribution < -0.4 is 4.90 Å². The standard InChI is InChI=1S/C9H14F3N3O2/c1-3-15(4-2)8-13-7(17-14-8)5-6(16)9(10,11)12/h6,16H,3-5H2,1-2H3. The molecule has 0 saturated carbocycles. The van der Waals surface area contributed by atoms with Crippen molar-refractivity contribution in [2.75, 3.05) is 18.0 Å². The van der Waals surface area contributed by atoms with Crippen LogP contribution in [0.5, 0.6) is 0 Å². The number of hydrogen-bond donors (Lipinski definition) is 1. The Morgan fingerprint density at radius 1 is 1.35 bits per heavy atom. The molecule has 0 aliphatic rings. The van der Waals surface area contributed by atoms with E-state index in [1.165, 1.54) is 0 Å². The molecule has 0 saturated heterocycles. The van der Waals surface area contributed by atoms with Gasteiger partial charge < -0.3 is 14.5 Å². The van der Waals surface area contributed by atoms with Crippen LogP contribution in [0.2, 0.25) is 0 Å². The Morgan fingerprint density at radius 3 is 2.41 bits per heavy atom. The molecular weight excluding hydrogens is 239 g/mol. The van der Waals surface area contributed by atoms with Gasteiger partial charge in [-0.25, -0.2) is 0 Å². The topological polar surface area (TPSA) is 62.4 Å². The summed E-state index contributed by atoms with van der Waals surface area (Å²) in [5.74, 6) is 0.0103. The number of anilines is 1. The third-order valence-corrected chi connectivity index (χ3v) is 2.25. The Balaban J connectivity index is 2.69. The highest BCUT2D eigenvalue weighted by Crippen LogP contribution is 2.23. The maximum absolute atomic E-state index is 12.1. The summed E-state index contributed by atoms with van der Waals surface area (Å²) in [4.78, 5) is 5.52. The van der Waals surface area contributed by atoms with Crippen LogP contribution >= 0.6 is 0 Å². The van der Waals surface area contributed by atoms with Gasteiger partial charge in [0.2, 0.25) is 5.89 Å². The second-order valence-electron chi connectivity index (χ2n) is 3.42. The molecule has 98 valence electrons. The van der Waals surface area contributed by atoms with E-state index < -0.39 is 18.7 Å². The molecule has 1 heterocycles. The van der Waals surface area contributed by atoms with Crippen molar-refractivity contribution >= 4 is 5.95 Å². The highest BCUT2D eigenvalue weighted by molar-refractivity contribution is 5.26. The molecule has 0 aromatic carbocycles. The van der Waals surface area contributed by atoms with E-state index in [-0.39, 0.29) is 11.8 Å². The predicted octanol–water partition coefficient (Wildman–Crippen LogP) is 1.38. The lowest BCUT2D eigenvalue weighted by atomic mass is 10.2. The number of hydrogen-bond acceptors (Lipinski definition) is 5. The molecule has 0 radical (unpaired) electrons. The molecule has 8 heteroatoms. The van der Waals surface area contributed by atoms with Crippen LogP contribution in [0, 0.1) is 0 Å². The molecule has 0 fully saturated rings. The first kappa shape index (κ1) is 13.8. The summed E-state index contributed by atoms with van der Waals surface area (Å²) >= 11 is 0. The van der Waals surface area contributed by atoms with Crippen molar-refractivity contribution in [2.24, 2.45) is 0 Å². The van der Waals surface area contributed by atoms with Crippen molar-refractivity contribution in [2.45, 2.75) is 32.5 Å². The maximum Gasteiger partial charge on any atom is 0.414 e. The molecule has 0 spiro atoms. The lowest BCUT2D eigenvalue weighted by molar-refractivity contribution is -0.204. The zero-order valence-corrected chi connectivity index (χ0v) is 9.53. The van der Waals surface area contributed by atoms with Crippen molar-refractivity contribution < 1.29 is 22.8 Å². The highest BCUT2D eigenvalue weighted by Gasteiger charge is 2.39. The van der Waals surface area contributed by atoms with Crippen LogP contribution in [-0.2, 0) is 6.42 Å². The largest absolute Gasteiger partial charge is 0.414 e. The Labute approximate surface area is 96.2 Å². The zero-order chi connectivity index (χ0) is 13.1. The number of nitrogens with zero attached hydrogens (tertiary/aromatic N) is 3. The number of halogens is 3. The van der Waals surface area contributed by atoms with Crippen molar-refractivity contribution in [3.63, 3.8) is 0 Å². The van der Waals surface area contributed by atoms with Crippen molar-refractivity contribution in [3.8, 4) is 0 Å². The van der Waals surface area contributed by atoms with E-state index in [0.29, 0.717) is 13.1 Å². The third kappa shape index (κ3) is 3.58. The summed E-state index contributed by atoms with van der Waals surface area (Å²) in [6.07, 6.45) is -7.88. The van der Waals surface area contributed by atoms with Crippen LogP contribution in [0.3, 0.4) is 0 Å². The Kier molecular flexibility index (Phi) is 4.33. The summed E-state index contributed by atoms with van der Waals surface area (Å²) in [5.41, 5.74) is 0. The van der Waals surface area contributed by atoms with Gasteiger partial charge >= 0.3 is 6.18 Å². The molecule has 5 nitrogen and oxygen atoms in total. The fraction of sp³-hybridized carbons (Fsp3) is 0.778. The average molecular weight is 253 g/mol. The van der Waals surface area contributed by atoms with Gasteiger partial charge in [0.15, 0.2) is 6.10 Å². The summed E-state index contributed by atoms with van der Waals surface area (Å²) < 4.78 is 40.9. The summed E-state index contributed by atoms with van der Waals surface area (Å²) in [7, 11) is 0. The van der Waals surface area contributed by atoms with Crippen LogP contribution in [0.15, 0.2) is 4.52 Å². The molecule has 0 bridgehead atoms. The minimum atomic E-state index is -4.68. The molecule has 0 amide bonds. The molecule has 0 aliphatic carbocycles. The molecule has 0 aliphatic heterocycles. The van der Waals surface area contributed by atoms with E-state index in [1.807, 2.05) is 13.8 Å². The quantitative estimate of drug-likeness (QED) is 0.859. The lowest BCUT2D eigenvalue weighted by Gasteiger charge is -2.14. The first-order valence-corrected chi connectivity index (χ1v) is 5.20. The molecular formula is C9H14F3N3O2. The average Bonchev–Trinajstić information content (AvgIpc) is 2.67. The van der Waals surface area contributed by atoms with Gasteiger partial charge in [0.25, 0.3) is 5.95 Å². The Morgan fingerprint density at radius 2 is 1.94 bits per heavy atom. The van der Waals surface area contributed by atoms with Gasteiger partial charge in [0.05, 0.1) is 6.42 Å². The summed E-state index contributed by atoms with van der Waals surface area (Å²) in [6.45, 7) is 4.97. The Bertz CT molecular complexity index is 350. The van der Waals surface area contributed by atoms with E-state index in [9.17, 15) is 13.2 Å². The summed E-state index contributed by atoms with van der Waals surface area (Å²) in [5, 5.41) is 12.4. The molecule has 1 N–H and O–H groups in total. The van der Waals surface area contributed by atoms with Crippen molar-refractivity contribution in [1.82, 2.24) is 10.1 Å². The van der Waals surface area contributed by atoms with Crippen LogP contribution in [0.1, 0.15) is 19.7 Å². The van der Waals surface area contributed by atoms with Crippen LogP contribution in [0.4, 0.5) is 19.1 Å². The zero-order valence-electron chi connectivity index (χ0n) is 9.53. The minimum absolute atomic E-state index is 0.225. The van der Waals surface area contributed by atoms with Gasteiger partial charge in [0, 0.05) is 13.1 Å². The fourth-order valence-corrected chi connectivity index (χ4v) is 1.24. The normalized spacial score (nSPS) is 13.8. The summed E-state index contributed by atoms with van der Waals surface area (Å²) in [6, 6.07) is 0. The van der Waals surface area contributed by atoms with E-state index >= 15 is 0 Å². The number of aliphatic hydroxyl groups excluding tert-OH is 1. The smallest absolute Gasteiger partial charge is 0.383 e. The van der Waals surface area contributed by atoms with Crippen LogP contribution in [0.25, 0.3) is 0 Å². The van der Waals surface area contributed by atoms with Gasteiger partial charge in [-0.15, -0.1) is 0 Å². The van der Waals surface area contributed by atoms with Gasteiger partial charge in [-0.3, -0.25) is 0 Å². The van der Waals surface area contributed by atoms with Gasteiger partial charge in [-0.2, -0.15) is 18.2 Å². The second-order valence-corrected chi connectivity index (χ2v) is 3.42. The molecule has 1 unspecified atom stereocenters. The molecule has 17 heavy (non-hydrogen) atoms. The van der Waals surface area contributed by atoms with Gasteiger partial charge in [0.1, 0.15) is 0 Å². The second kappa shape index (κ2) is 5.35. The monoisotopic (exact) mass is 253 g/mol. The molecule has 1 rings (SSSR count). The molecule has 1 aromatic heterocycles. The van der Waals surface area contributed by atoms with Crippen molar-refractivity contribution in [3.05, 3.63) is 5.89 Å². The lowest BCUT2D eigenvalue weighted by Crippen LogP contribution is -2.30. The van der Waals surface area contributed by atoms with Crippen molar-refractivity contribution in [1.29, 1.82) is 0 Å². The van der Waals surface area contributed by atoms with E-state index in [4.69, 9.17) is 5.11 Å². The molecule has 1 atom stereocenters. The minimum Gasteiger partial charge on any atom is -0.383 e. The number of rotatable bonds is 5. The first-order chi connectivity index (χ1) is 7.88. The van der Waals surface area contributed by atoms with Gasteiger partial charge in [-0.1, -0.05) is 0 Å². The third-order valence-electron chi connectivity index (χ3n) is 2.25. The number of aliphatic hydroxyl groups is 1. The predicted molar refractivity (Wildman–Crippen MR) is 53.6 cm³/mol. The Hall–Kier alpha value is -1.31. The highest BCUT2D eigenvalue weighted by atomic mass is 19.4. The SMILES string of the molecule is CCN(CC)c1noc(CC(O)C(F)(F)F)n1. The maximum atomic E-state index is 12.1. The fourth-order valence-electron chi connectivity index (χ4n) is 1.24. The van der Waals surface area contributed by atoms with E-state index in [1.54, 1.807) is 4.90 Å². The van der Waals surface area contributed by atoms with Crippen LogP contribution in [-0.4, -0.2) is 40.6 Å². The van der Waals surface area contributed by atoms with E-state index in [0.717, 1.165) is 0 Å².